The maximum absolute atomic E-state index is 6.27. The van der Waals surface area contributed by atoms with Crippen LogP contribution in [-0.2, 0) is 0 Å². The smallest absolute Gasteiger partial charge is 0.0335 e. The first kappa shape index (κ1) is 14.8. The molecule has 4 atom stereocenters. The Balaban J connectivity index is 1.65. The lowest BCUT2D eigenvalue weighted by molar-refractivity contribution is 0.0335. The Morgan fingerprint density at radius 2 is 1.80 bits per heavy atom. The Bertz CT molecular complexity index is 326. The Hall–Kier alpha value is -0.120. The highest BCUT2D eigenvalue weighted by atomic mass is 15.3. The number of hydrogen-bond acceptors (Lipinski definition) is 3. The summed E-state index contributed by atoms with van der Waals surface area (Å²) in [6.07, 6.45) is 8.19. The van der Waals surface area contributed by atoms with Crippen molar-refractivity contribution in [3.05, 3.63) is 0 Å². The van der Waals surface area contributed by atoms with E-state index in [0.717, 1.165) is 24.4 Å². The van der Waals surface area contributed by atoms with E-state index < -0.39 is 0 Å². The van der Waals surface area contributed by atoms with Crippen LogP contribution in [0, 0.1) is 11.8 Å². The van der Waals surface area contributed by atoms with Gasteiger partial charge in [-0.3, -0.25) is 9.80 Å². The van der Waals surface area contributed by atoms with Crippen molar-refractivity contribution in [2.24, 2.45) is 17.6 Å². The summed E-state index contributed by atoms with van der Waals surface area (Å²) >= 11 is 0. The molecule has 0 aromatic rings. The van der Waals surface area contributed by atoms with Gasteiger partial charge >= 0.3 is 0 Å². The SMILES string of the molecule is CC1CCC(CN)(N2CCC(N3CCCC3)C2)CC1C. The van der Waals surface area contributed by atoms with Crippen LogP contribution in [0.25, 0.3) is 0 Å². The van der Waals surface area contributed by atoms with E-state index in [2.05, 4.69) is 23.6 Å². The van der Waals surface area contributed by atoms with E-state index in [0.29, 0.717) is 5.54 Å². The predicted molar refractivity (Wildman–Crippen MR) is 84.7 cm³/mol. The number of likely N-dealkylation sites (tertiary alicyclic amines) is 2. The zero-order valence-corrected chi connectivity index (χ0v) is 13.5. The molecule has 1 saturated carbocycles. The summed E-state index contributed by atoms with van der Waals surface area (Å²) in [6.45, 7) is 10.9. The minimum Gasteiger partial charge on any atom is -0.329 e. The van der Waals surface area contributed by atoms with Gasteiger partial charge in [0.05, 0.1) is 0 Å². The maximum Gasteiger partial charge on any atom is 0.0335 e. The van der Waals surface area contributed by atoms with E-state index in [-0.39, 0.29) is 0 Å². The summed E-state index contributed by atoms with van der Waals surface area (Å²) in [6, 6.07) is 0.815. The Morgan fingerprint density at radius 3 is 2.45 bits per heavy atom. The fourth-order valence-corrected chi connectivity index (χ4v) is 4.86. The molecule has 2 saturated heterocycles. The molecule has 2 heterocycles. The van der Waals surface area contributed by atoms with Crippen molar-refractivity contribution in [3.63, 3.8) is 0 Å². The minimum absolute atomic E-state index is 0.320. The molecule has 2 N–H and O–H groups in total. The molecule has 116 valence electrons. The Labute approximate surface area is 124 Å². The monoisotopic (exact) mass is 279 g/mol. The summed E-state index contributed by atoms with van der Waals surface area (Å²) in [7, 11) is 0. The van der Waals surface area contributed by atoms with Gasteiger partial charge in [-0.15, -0.1) is 0 Å². The van der Waals surface area contributed by atoms with E-state index in [1.54, 1.807) is 0 Å². The van der Waals surface area contributed by atoms with Crippen LogP contribution in [0.1, 0.15) is 52.4 Å². The van der Waals surface area contributed by atoms with Crippen molar-refractivity contribution >= 4 is 0 Å². The summed E-state index contributed by atoms with van der Waals surface area (Å²) in [5, 5.41) is 0. The number of nitrogens with zero attached hydrogens (tertiary/aromatic N) is 2. The van der Waals surface area contributed by atoms with E-state index in [4.69, 9.17) is 5.73 Å². The molecule has 0 bridgehead atoms. The van der Waals surface area contributed by atoms with Crippen molar-refractivity contribution in [1.29, 1.82) is 0 Å². The molecule has 0 spiro atoms. The standard InChI is InChI=1S/C17H33N3/c1-14-5-7-17(13-18,11-15(14)2)20-10-6-16(12-20)19-8-3-4-9-19/h14-16H,3-13,18H2,1-2H3. The molecule has 0 aromatic carbocycles. The van der Waals surface area contributed by atoms with Crippen molar-refractivity contribution in [3.8, 4) is 0 Å². The van der Waals surface area contributed by atoms with Gasteiger partial charge in [0.15, 0.2) is 0 Å². The van der Waals surface area contributed by atoms with E-state index in [9.17, 15) is 0 Å². The summed E-state index contributed by atoms with van der Waals surface area (Å²) in [5.74, 6) is 1.71. The Kier molecular flexibility index (Phi) is 4.40. The third-order valence-electron chi connectivity index (χ3n) is 6.61. The summed E-state index contributed by atoms with van der Waals surface area (Å²) in [5.41, 5.74) is 6.59. The molecule has 3 rings (SSSR count). The lowest BCUT2D eigenvalue weighted by Crippen LogP contribution is -2.57. The molecule has 0 amide bonds. The number of nitrogens with two attached hydrogens (primary N) is 1. The first-order valence-electron chi connectivity index (χ1n) is 8.84. The van der Waals surface area contributed by atoms with Crippen LogP contribution in [0.15, 0.2) is 0 Å². The zero-order chi connectivity index (χ0) is 14.2. The molecule has 2 aliphatic heterocycles. The average Bonchev–Trinajstić information content (AvgIpc) is 3.12. The fourth-order valence-electron chi connectivity index (χ4n) is 4.86. The molecular formula is C17H33N3. The summed E-state index contributed by atoms with van der Waals surface area (Å²) < 4.78 is 0. The maximum atomic E-state index is 6.27. The molecule has 3 heteroatoms. The van der Waals surface area contributed by atoms with Crippen LogP contribution >= 0.6 is 0 Å². The van der Waals surface area contributed by atoms with Crippen LogP contribution < -0.4 is 5.73 Å². The van der Waals surface area contributed by atoms with Gasteiger partial charge in [0.1, 0.15) is 0 Å². The second-order valence-corrected chi connectivity index (χ2v) is 7.76. The van der Waals surface area contributed by atoms with Crippen molar-refractivity contribution in [2.45, 2.75) is 64.0 Å². The van der Waals surface area contributed by atoms with Gasteiger partial charge in [0.25, 0.3) is 0 Å². The molecule has 0 aromatic heterocycles. The van der Waals surface area contributed by atoms with E-state index >= 15 is 0 Å². The molecular weight excluding hydrogens is 246 g/mol. The van der Waals surface area contributed by atoms with Crippen LogP contribution in [-0.4, -0.2) is 54.1 Å². The molecule has 1 aliphatic carbocycles. The minimum atomic E-state index is 0.320. The quantitative estimate of drug-likeness (QED) is 0.860. The third kappa shape index (κ3) is 2.65. The van der Waals surface area contributed by atoms with Gasteiger partial charge in [-0.2, -0.15) is 0 Å². The van der Waals surface area contributed by atoms with E-state index in [1.165, 1.54) is 64.7 Å². The van der Waals surface area contributed by atoms with E-state index in [1.807, 2.05) is 0 Å². The van der Waals surface area contributed by atoms with Gasteiger partial charge in [-0.25, -0.2) is 0 Å². The molecule has 3 fully saturated rings. The van der Waals surface area contributed by atoms with Gasteiger partial charge in [-0.05, 0) is 63.5 Å². The number of hydrogen-bond donors (Lipinski definition) is 1. The highest BCUT2D eigenvalue weighted by molar-refractivity contribution is 5.01. The van der Waals surface area contributed by atoms with Crippen LogP contribution in [0.2, 0.25) is 0 Å². The molecule has 4 unspecified atom stereocenters. The van der Waals surface area contributed by atoms with Gasteiger partial charge in [0.2, 0.25) is 0 Å². The van der Waals surface area contributed by atoms with Crippen molar-refractivity contribution < 1.29 is 0 Å². The van der Waals surface area contributed by atoms with Gasteiger partial charge < -0.3 is 5.73 Å². The van der Waals surface area contributed by atoms with Crippen molar-refractivity contribution in [1.82, 2.24) is 9.80 Å². The van der Waals surface area contributed by atoms with Crippen molar-refractivity contribution in [2.75, 3.05) is 32.7 Å². The van der Waals surface area contributed by atoms with Crippen LogP contribution in [0.3, 0.4) is 0 Å². The lowest BCUT2D eigenvalue weighted by Gasteiger charge is -2.48. The molecule has 3 aliphatic rings. The van der Waals surface area contributed by atoms with Crippen LogP contribution in [0.4, 0.5) is 0 Å². The number of rotatable bonds is 3. The topological polar surface area (TPSA) is 32.5 Å². The third-order valence-corrected chi connectivity index (χ3v) is 6.61. The fraction of sp³-hybridized carbons (Fsp3) is 1.00. The second kappa shape index (κ2) is 5.94. The summed E-state index contributed by atoms with van der Waals surface area (Å²) in [4.78, 5) is 5.51. The normalized spacial score (nSPS) is 44.2. The second-order valence-electron chi connectivity index (χ2n) is 7.76. The molecule has 0 radical (unpaired) electrons. The predicted octanol–water partition coefficient (Wildman–Crippen LogP) is 2.31. The van der Waals surface area contributed by atoms with Gasteiger partial charge in [-0.1, -0.05) is 13.8 Å². The molecule has 3 nitrogen and oxygen atoms in total. The Morgan fingerprint density at radius 1 is 1.05 bits per heavy atom. The zero-order valence-electron chi connectivity index (χ0n) is 13.5. The first-order chi connectivity index (χ1) is 9.64. The van der Waals surface area contributed by atoms with Crippen LogP contribution in [0.5, 0.6) is 0 Å². The highest BCUT2D eigenvalue weighted by Gasteiger charge is 2.44. The molecule has 20 heavy (non-hydrogen) atoms. The average molecular weight is 279 g/mol. The van der Waals surface area contributed by atoms with Gasteiger partial charge in [0, 0.05) is 31.2 Å². The highest BCUT2D eigenvalue weighted by Crippen LogP contribution is 2.41. The lowest BCUT2D eigenvalue weighted by atomic mass is 9.70. The first-order valence-corrected chi connectivity index (χ1v) is 8.84. The largest absolute Gasteiger partial charge is 0.329 e.